The minimum Gasteiger partial charge on any atom is -0.375 e. The summed E-state index contributed by atoms with van der Waals surface area (Å²) in [6.45, 7) is 3.02. The van der Waals surface area contributed by atoms with Gasteiger partial charge >= 0.3 is 0 Å². The Hall–Kier alpha value is 0.0700. The molecule has 3 atom stereocenters. The summed E-state index contributed by atoms with van der Waals surface area (Å²) in [6.07, 6.45) is 7.81. The van der Waals surface area contributed by atoms with Gasteiger partial charge in [0.2, 0.25) is 0 Å². The lowest BCUT2D eigenvalue weighted by atomic mass is 9.74. The Balaban J connectivity index is 1.78. The highest BCUT2D eigenvalue weighted by atomic mass is 32.2. The van der Waals surface area contributed by atoms with E-state index >= 15 is 0 Å². The summed E-state index contributed by atoms with van der Waals surface area (Å²) < 4.78 is 17.0. The molecule has 94 valence electrons. The number of hydrogen-bond donors (Lipinski definition) is 1. The Morgan fingerprint density at radius 2 is 2.31 bits per heavy atom. The highest BCUT2D eigenvalue weighted by Crippen LogP contribution is 2.42. The lowest BCUT2D eigenvalue weighted by Crippen LogP contribution is -2.53. The monoisotopic (exact) mass is 245 g/mol. The summed E-state index contributed by atoms with van der Waals surface area (Å²) in [6, 6.07) is 0.915. The Bertz CT molecular complexity index is 266. The zero-order valence-electron chi connectivity index (χ0n) is 10.3. The van der Waals surface area contributed by atoms with E-state index < -0.39 is 10.8 Å². The first kappa shape index (κ1) is 12.5. The van der Waals surface area contributed by atoms with Crippen molar-refractivity contribution in [3.05, 3.63) is 0 Å². The van der Waals surface area contributed by atoms with E-state index in [1.54, 1.807) is 6.26 Å². The number of rotatable bonds is 4. The maximum atomic E-state index is 11.1. The van der Waals surface area contributed by atoms with Crippen molar-refractivity contribution < 1.29 is 8.95 Å². The molecule has 1 aliphatic carbocycles. The van der Waals surface area contributed by atoms with Crippen LogP contribution in [0, 0.1) is 0 Å². The fourth-order valence-corrected chi connectivity index (χ4v) is 3.69. The van der Waals surface area contributed by atoms with Crippen molar-refractivity contribution in [1.82, 2.24) is 5.32 Å². The Kier molecular flexibility index (Phi) is 4.03. The molecule has 3 nitrogen and oxygen atoms in total. The van der Waals surface area contributed by atoms with Crippen molar-refractivity contribution in [3.8, 4) is 0 Å². The van der Waals surface area contributed by atoms with Crippen molar-refractivity contribution in [3.63, 3.8) is 0 Å². The van der Waals surface area contributed by atoms with Gasteiger partial charge in [-0.3, -0.25) is 4.21 Å². The first-order valence-corrected chi connectivity index (χ1v) is 8.02. The second-order valence-corrected chi connectivity index (χ2v) is 6.86. The van der Waals surface area contributed by atoms with Gasteiger partial charge in [-0.1, -0.05) is 0 Å². The summed E-state index contributed by atoms with van der Waals surface area (Å²) in [5.41, 5.74) is 0.209. The van der Waals surface area contributed by atoms with E-state index in [-0.39, 0.29) is 5.60 Å². The maximum absolute atomic E-state index is 11.1. The van der Waals surface area contributed by atoms with Gasteiger partial charge in [-0.15, -0.1) is 0 Å². The zero-order chi connectivity index (χ0) is 11.6. The van der Waals surface area contributed by atoms with Crippen LogP contribution in [-0.4, -0.2) is 40.5 Å². The maximum Gasteiger partial charge on any atom is 0.0697 e. The molecule has 2 fully saturated rings. The molecule has 1 saturated heterocycles. The van der Waals surface area contributed by atoms with Gasteiger partial charge in [0, 0.05) is 41.5 Å². The lowest BCUT2D eigenvalue weighted by Gasteiger charge is -2.47. The molecule has 1 spiro atoms. The van der Waals surface area contributed by atoms with Crippen LogP contribution in [0.4, 0.5) is 0 Å². The van der Waals surface area contributed by atoms with Gasteiger partial charge in [-0.2, -0.15) is 0 Å². The van der Waals surface area contributed by atoms with Gasteiger partial charge in [-0.05, 0) is 39.0 Å². The molecule has 0 aromatic carbocycles. The molecule has 4 heteroatoms. The Labute approximate surface area is 101 Å². The van der Waals surface area contributed by atoms with Crippen molar-refractivity contribution >= 4 is 10.8 Å². The van der Waals surface area contributed by atoms with Crippen LogP contribution in [0.15, 0.2) is 0 Å². The van der Waals surface area contributed by atoms with E-state index in [0.29, 0.717) is 12.1 Å². The van der Waals surface area contributed by atoms with Gasteiger partial charge in [0.25, 0.3) is 0 Å². The topological polar surface area (TPSA) is 38.3 Å². The molecule has 1 N–H and O–H groups in total. The molecule has 0 aromatic rings. The van der Waals surface area contributed by atoms with E-state index in [4.69, 9.17) is 4.74 Å². The fourth-order valence-electron chi connectivity index (χ4n) is 2.89. The standard InChI is InChI=1S/C12H23NO2S/c1-10(9-16(2)14)13-11-4-7-15-12(8-11)5-3-6-12/h10-11,13H,3-9H2,1-2H3. The quantitative estimate of drug-likeness (QED) is 0.814. The molecule has 0 bridgehead atoms. The normalized spacial score (nSPS) is 32.0. The van der Waals surface area contributed by atoms with Crippen LogP contribution in [0.1, 0.15) is 39.0 Å². The highest BCUT2D eigenvalue weighted by molar-refractivity contribution is 7.84. The highest BCUT2D eigenvalue weighted by Gasteiger charge is 2.42. The molecule has 0 amide bonds. The first-order valence-electron chi connectivity index (χ1n) is 6.30. The summed E-state index contributed by atoms with van der Waals surface area (Å²) in [5.74, 6) is 0.754. The third-order valence-electron chi connectivity index (χ3n) is 3.76. The Morgan fingerprint density at radius 1 is 1.56 bits per heavy atom. The van der Waals surface area contributed by atoms with E-state index in [9.17, 15) is 4.21 Å². The third-order valence-corrected chi connectivity index (χ3v) is 4.73. The summed E-state index contributed by atoms with van der Waals surface area (Å²) in [7, 11) is -0.701. The van der Waals surface area contributed by atoms with Crippen molar-refractivity contribution in [2.24, 2.45) is 0 Å². The predicted molar refractivity (Wildman–Crippen MR) is 67.1 cm³/mol. The molecule has 0 radical (unpaired) electrons. The van der Waals surface area contributed by atoms with Gasteiger partial charge in [0.1, 0.15) is 0 Å². The molecule has 3 unspecified atom stereocenters. The van der Waals surface area contributed by atoms with Crippen molar-refractivity contribution in [2.75, 3.05) is 18.6 Å². The molecule has 1 aliphatic heterocycles. The first-order chi connectivity index (χ1) is 7.60. The fraction of sp³-hybridized carbons (Fsp3) is 1.00. The predicted octanol–water partition coefficient (Wildman–Crippen LogP) is 1.44. The van der Waals surface area contributed by atoms with E-state index in [2.05, 4.69) is 12.2 Å². The molecule has 0 aromatic heterocycles. The van der Waals surface area contributed by atoms with Gasteiger partial charge in [0.05, 0.1) is 5.60 Å². The second-order valence-electron chi connectivity index (χ2n) is 5.38. The van der Waals surface area contributed by atoms with Crippen LogP contribution in [0.25, 0.3) is 0 Å². The van der Waals surface area contributed by atoms with Gasteiger partial charge in [0.15, 0.2) is 0 Å². The molecular formula is C12H23NO2S. The van der Waals surface area contributed by atoms with Crippen molar-refractivity contribution in [2.45, 2.75) is 56.7 Å². The minimum absolute atomic E-state index is 0.209. The zero-order valence-corrected chi connectivity index (χ0v) is 11.1. The van der Waals surface area contributed by atoms with Crippen LogP contribution >= 0.6 is 0 Å². The van der Waals surface area contributed by atoms with Crippen LogP contribution in [0.5, 0.6) is 0 Å². The summed E-state index contributed by atoms with van der Waals surface area (Å²) in [4.78, 5) is 0. The van der Waals surface area contributed by atoms with E-state index in [1.165, 1.54) is 19.3 Å². The number of ether oxygens (including phenoxy) is 1. The summed E-state index contributed by atoms with van der Waals surface area (Å²) in [5, 5.41) is 3.60. The van der Waals surface area contributed by atoms with E-state index in [1.807, 2.05) is 0 Å². The Morgan fingerprint density at radius 3 is 2.88 bits per heavy atom. The summed E-state index contributed by atoms with van der Waals surface area (Å²) >= 11 is 0. The smallest absolute Gasteiger partial charge is 0.0697 e. The lowest BCUT2D eigenvalue weighted by molar-refractivity contribution is -0.136. The molecule has 2 rings (SSSR count). The largest absolute Gasteiger partial charge is 0.375 e. The van der Waals surface area contributed by atoms with Crippen LogP contribution in [0.2, 0.25) is 0 Å². The number of hydrogen-bond acceptors (Lipinski definition) is 3. The molecule has 16 heavy (non-hydrogen) atoms. The van der Waals surface area contributed by atoms with E-state index in [0.717, 1.165) is 25.2 Å². The molecule has 2 aliphatic rings. The van der Waals surface area contributed by atoms with Gasteiger partial charge in [-0.25, -0.2) is 0 Å². The van der Waals surface area contributed by atoms with Gasteiger partial charge < -0.3 is 10.1 Å². The van der Waals surface area contributed by atoms with Crippen LogP contribution < -0.4 is 5.32 Å². The van der Waals surface area contributed by atoms with Crippen LogP contribution in [-0.2, 0) is 15.5 Å². The minimum atomic E-state index is -0.701. The molecule has 1 saturated carbocycles. The van der Waals surface area contributed by atoms with Crippen molar-refractivity contribution in [1.29, 1.82) is 0 Å². The van der Waals surface area contributed by atoms with Crippen LogP contribution in [0.3, 0.4) is 0 Å². The third kappa shape index (κ3) is 3.05. The molecule has 1 heterocycles. The second kappa shape index (κ2) is 5.15. The average molecular weight is 245 g/mol. The SMILES string of the molecule is CC(CS(C)=O)NC1CCOC2(CCC2)C1. The molecular weight excluding hydrogens is 222 g/mol. The number of nitrogens with one attached hydrogen (secondary N) is 1. The average Bonchev–Trinajstić information content (AvgIpc) is 2.14.